The van der Waals surface area contributed by atoms with Crippen molar-refractivity contribution in [3.63, 3.8) is 0 Å². The highest BCUT2D eigenvalue weighted by atomic mass is 16.5. The molecule has 7 heteroatoms. The Kier molecular flexibility index (Phi) is 4.27. The van der Waals surface area contributed by atoms with Gasteiger partial charge in [-0.25, -0.2) is 9.78 Å². The number of aromatic nitrogens is 1. The van der Waals surface area contributed by atoms with E-state index in [4.69, 9.17) is 9.15 Å². The molecule has 2 N–H and O–H groups in total. The van der Waals surface area contributed by atoms with Gasteiger partial charge in [-0.3, -0.25) is 4.79 Å². The first kappa shape index (κ1) is 15.1. The first-order valence-corrected chi connectivity index (χ1v) is 7.35. The van der Waals surface area contributed by atoms with Gasteiger partial charge in [0, 0.05) is 24.1 Å². The number of anilines is 1. The number of nitrogens with zero attached hydrogens (tertiary/aromatic N) is 1. The molecule has 0 radical (unpaired) electrons. The highest BCUT2D eigenvalue weighted by molar-refractivity contribution is 5.93. The van der Waals surface area contributed by atoms with Gasteiger partial charge in [-0.05, 0) is 31.0 Å². The maximum Gasteiger partial charge on any atom is 0.407 e. The Bertz CT molecular complexity index is 708. The Hall–Kier alpha value is -2.83. The molecule has 0 unspecified atom stereocenters. The van der Waals surface area contributed by atoms with Gasteiger partial charge in [0.2, 0.25) is 5.91 Å². The van der Waals surface area contributed by atoms with Gasteiger partial charge < -0.3 is 19.8 Å². The number of carbonyl (C=O) groups is 2. The first-order chi connectivity index (χ1) is 11.2. The standard InChI is InChI=1S/C16H17N3O4/c1-17-16(21)23-9-13-12(11-6-7-22-8-11)4-5-14(18-13)19-15(20)10-2-3-10/h4-8,10H,2-3,9H2,1H3,(H,17,21)(H,18,19,20). The van der Waals surface area contributed by atoms with Crippen LogP contribution in [0.5, 0.6) is 0 Å². The normalized spacial score (nSPS) is 13.4. The monoisotopic (exact) mass is 315 g/mol. The summed E-state index contributed by atoms with van der Waals surface area (Å²) < 4.78 is 10.2. The van der Waals surface area contributed by atoms with Crippen LogP contribution < -0.4 is 10.6 Å². The summed E-state index contributed by atoms with van der Waals surface area (Å²) in [5.74, 6) is 0.521. The van der Waals surface area contributed by atoms with Crippen molar-refractivity contribution in [3.8, 4) is 11.1 Å². The Balaban J connectivity index is 1.83. The predicted molar refractivity (Wildman–Crippen MR) is 82.5 cm³/mol. The fraction of sp³-hybridized carbons (Fsp3) is 0.312. The molecule has 23 heavy (non-hydrogen) atoms. The molecule has 1 fully saturated rings. The molecular weight excluding hydrogens is 298 g/mol. The third kappa shape index (κ3) is 3.68. The van der Waals surface area contributed by atoms with E-state index in [1.54, 1.807) is 24.7 Å². The number of rotatable bonds is 5. The van der Waals surface area contributed by atoms with E-state index in [0.29, 0.717) is 11.5 Å². The van der Waals surface area contributed by atoms with E-state index < -0.39 is 6.09 Å². The van der Waals surface area contributed by atoms with Crippen LogP contribution in [0.2, 0.25) is 0 Å². The summed E-state index contributed by atoms with van der Waals surface area (Å²) in [6, 6.07) is 5.35. The van der Waals surface area contributed by atoms with Crippen molar-refractivity contribution in [1.82, 2.24) is 10.3 Å². The van der Waals surface area contributed by atoms with E-state index in [9.17, 15) is 9.59 Å². The highest BCUT2D eigenvalue weighted by Crippen LogP contribution is 2.30. The van der Waals surface area contributed by atoms with E-state index in [2.05, 4.69) is 15.6 Å². The number of alkyl carbamates (subject to hydrolysis) is 1. The molecule has 120 valence electrons. The lowest BCUT2D eigenvalue weighted by atomic mass is 10.1. The van der Waals surface area contributed by atoms with Gasteiger partial charge >= 0.3 is 6.09 Å². The van der Waals surface area contributed by atoms with Crippen LogP contribution in [0.15, 0.2) is 35.1 Å². The van der Waals surface area contributed by atoms with Gasteiger partial charge in [0.25, 0.3) is 0 Å². The summed E-state index contributed by atoms with van der Waals surface area (Å²) in [5.41, 5.74) is 2.16. The van der Waals surface area contributed by atoms with E-state index in [0.717, 1.165) is 24.0 Å². The second-order valence-corrected chi connectivity index (χ2v) is 5.29. The molecule has 1 aliphatic carbocycles. The summed E-state index contributed by atoms with van der Waals surface area (Å²) in [6.45, 7) is -0.00662. The minimum absolute atomic E-state index is 0.00662. The zero-order chi connectivity index (χ0) is 16.2. The second-order valence-electron chi connectivity index (χ2n) is 5.29. The summed E-state index contributed by atoms with van der Waals surface area (Å²) in [7, 11) is 1.49. The predicted octanol–water partition coefficient (Wildman–Crippen LogP) is 2.55. The number of ether oxygens (including phenoxy) is 1. The first-order valence-electron chi connectivity index (χ1n) is 7.35. The van der Waals surface area contributed by atoms with E-state index in [1.165, 1.54) is 7.05 Å². The number of carbonyl (C=O) groups excluding carboxylic acids is 2. The van der Waals surface area contributed by atoms with Crippen molar-refractivity contribution in [2.45, 2.75) is 19.4 Å². The molecule has 7 nitrogen and oxygen atoms in total. The topological polar surface area (TPSA) is 93.5 Å². The minimum atomic E-state index is -0.544. The molecular formula is C16H17N3O4. The highest BCUT2D eigenvalue weighted by Gasteiger charge is 2.29. The van der Waals surface area contributed by atoms with E-state index in [1.807, 2.05) is 6.07 Å². The summed E-state index contributed by atoms with van der Waals surface area (Å²) >= 11 is 0. The lowest BCUT2D eigenvalue weighted by Crippen LogP contribution is -2.20. The Labute approximate surface area is 133 Å². The third-order valence-corrected chi connectivity index (χ3v) is 3.55. The smallest absolute Gasteiger partial charge is 0.407 e. The zero-order valence-electron chi connectivity index (χ0n) is 12.7. The summed E-state index contributed by atoms with van der Waals surface area (Å²) in [6.07, 6.45) is 4.44. The number of amides is 2. The van der Waals surface area contributed by atoms with Crippen molar-refractivity contribution < 1.29 is 18.7 Å². The largest absolute Gasteiger partial charge is 0.472 e. The van der Waals surface area contributed by atoms with Crippen LogP contribution in [0.4, 0.5) is 10.6 Å². The maximum atomic E-state index is 11.9. The second kappa shape index (κ2) is 6.51. The lowest BCUT2D eigenvalue weighted by Gasteiger charge is -2.11. The molecule has 0 aromatic carbocycles. The molecule has 0 spiro atoms. The molecule has 2 aromatic rings. The van der Waals surface area contributed by atoms with E-state index in [-0.39, 0.29) is 18.4 Å². The average molecular weight is 315 g/mol. The molecule has 0 aliphatic heterocycles. The van der Waals surface area contributed by atoms with Gasteiger partial charge in [-0.15, -0.1) is 0 Å². The molecule has 3 rings (SSSR count). The summed E-state index contributed by atoms with van der Waals surface area (Å²) in [4.78, 5) is 27.6. The maximum absolute atomic E-state index is 11.9. The van der Waals surface area contributed by atoms with Gasteiger partial charge in [0.05, 0.1) is 18.2 Å². The van der Waals surface area contributed by atoms with Crippen molar-refractivity contribution in [1.29, 1.82) is 0 Å². The van der Waals surface area contributed by atoms with Crippen LogP contribution in [0.3, 0.4) is 0 Å². The molecule has 1 saturated carbocycles. The molecule has 0 bridgehead atoms. The fourth-order valence-corrected chi connectivity index (χ4v) is 2.14. The van der Waals surface area contributed by atoms with Crippen LogP contribution >= 0.6 is 0 Å². The van der Waals surface area contributed by atoms with Crippen molar-refractivity contribution in [3.05, 3.63) is 36.4 Å². The number of hydrogen-bond acceptors (Lipinski definition) is 5. The van der Waals surface area contributed by atoms with Crippen molar-refractivity contribution >= 4 is 17.8 Å². The molecule has 1 aliphatic rings. The van der Waals surface area contributed by atoms with Crippen molar-refractivity contribution in [2.24, 2.45) is 5.92 Å². The number of nitrogens with one attached hydrogen (secondary N) is 2. The van der Waals surface area contributed by atoms with Gasteiger partial charge in [-0.2, -0.15) is 0 Å². The third-order valence-electron chi connectivity index (χ3n) is 3.55. The average Bonchev–Trinajstić information content (AvgIpc) is 3.28. The molecule has 0 atom stereocenters. The molecule has 2 aromatic heterocycles. The molecule has 2 heterocycles. The SMILES string of the molecule is CNC(=O)OCc1nc(NC(=O)C2CC2)ccc1-c1ccoc1. The number of furan rings is 1. The summed E-state index contributed by atoms with van der Waals surface area (Å²) in [5, 5.41) is 5.17. The molecule has 0 saturated heterocycles. The van der Waals surface area contributed by atoms with Gasteiger partial charge in [-0.1, -0.05) is 0 Å². The van der Waals surface area contributed by atoms with E-state index >= 15 is 0 Å². The Morgan fingerprint density at radius 1 is 1.35 bits per heavy atom. The van der Waals surface area contributed by atoms with Crippen molar-refractivity contribution in [2.75, 3.05) is 12.4 Å². The van der Waals surface area contributed by atoms with Crippen LogP contribution in [0, 0.1) is 5.92 Å². The lowest BCUT2D eigenvalue weighted by molar-refractivity contribution is -0.117. The fourth-order valence-electron chi connectivity index (χ4n) is 2.14. The van der Waals surface area contributed by atoms with Crippen LogP contribution in [0.1, 0.15) is 18.5 Å². The molecule has 2 amide bonds. The van der Waals surface area contributed by atoms with Gasteiger partial charge in [0.1, 0.15) is 12.4 Å². The number of hydrogen-bond donors (Lipinski definition) is 2. The minimum Gasteiger partial charge on any atom is -0.472 e. The number of pyridine rings is 1. The zero-order valence-corrected chi connectivity index (χ0v) is 12.7. The Morgan fingerprint density at radius 2 is 2.17 bits per heavy atom. The van der Waals surface area contributed by atoms with Crippen LogP contribution in [-0.2, 0) is 16.1 Å². The quantitative estimate of drug-likeness (QED) is 0.884. The Morgan fingerprint density at radius 3 is 2.83 bits per heavy atom. The van der Waals surface area contributed by atoms with Gasteiger partial charge in [0.15, 0.2) is 0 Å². The van der Waals surface area contributed by atoms with Crippen LogP contribution in [-0.4, -0.2) is 24.0 Å². The van der Waals surface area contributed by atoms with Crippen LogP contribution in [0.25, 0.3) is 11.1 Å².